The molecule has 0 spiro atoms. The second-order valence-electron chi connectivity index (χ2n) is 3.11. The van der Waals surface area contributed by atoms with Crippen molar-refractivity contribution < 1.29 is 5.11 Å². The molecule has 0 aromatic carbocycles. The number of halogens is 2. The SMILES string of the molecule is Cc1cc(Br)cn(CC(O)CBr)c1=O. The van der Waals surface area contributed by atoms with E-state index in [9.17, 15) is 9.90 Å². The minimum Gasteiger partial charge on any atom is -0.390 e. The highest BCUT2D eigenvalue weighted by Crippen LogP contribution is 2.08. The van der Waals surface area contributed by atoms with Crippen LogP contribution in [0.4, 0.5) is 0 Å². The third kappa shape index (κ3) is 2.93. The van der Waals surface area contributed by atoms with Crippen molar-refractivity contribution in [3.63, 3.8) is 0 Å². The number of nitrogens with zero attached hydrogens (tertiary/aromatic N) is 1. The molecule has 1 aromatic rings. The van der Waals surface area contributed by atoms with Gasteiger partial charge in [0.05, 0.1) is 12.6 Å². The first kappa shape index (κ1) is 11.9. The maximum atomic E-state index is 11.6. The van der Waals surface area contributed by atoms with Crippen LogP contribution in [0.15, 0.2) is 21.5 Å². The van der Waals surface area contributed by atoms with Crippen LogP contribution in [0, 0.1) is 6.92 Å². The summed E-state index contributed by atoms with van der Waals surface area (Å²) in [5.74, 6) is 0. The van der Waals surface area contributed by atoms with E-state index in [1.807, 2.05) is 0 Å². The number of pyridine rings is 1. The van der Waals surface area contributed by atoms with Crippen molar-refractivity contribution in [1.82, 2.24) is 4.57 Å². The number of aliphatic hydroxyl groups is 1. The van der Waals surface area contributed by atoms with E-state index < -0.39 is 6.10 Å². The molecule has 0 aliphatic rings. The molecule has 1 heterocycles. The fourth-order valence-electron chi connectivity index (χ4n) is 1.15. The lowest BCUT2D eigenvalue weighted by Gasteiger charge is -2.10. The number of aromatic nitrogens is 1. The van der Waals surface area contributed by atoms with Crippen molar-refractivity contribution >= 4 is 31.9 Å². The van der Waals surface area contributed by atoms with Crippen LogP contribution >= 0.6 is 31.9 Å². The average Bonchev–Trinajstić information content (AvgIpc) is 2.13. The average molecular weight is 325 g/mol. The van der Waals surface area contributed by atoms with E-state index in [-0.39, 0.29) is 5.56 Å². The molecule has 0 aliphatic carbocycles. The van der Waals surface area contributed by atoms with Crippen molar-refractivity contribution in [2.75, 3.05) is 5.33 Å². The molecule has 1 rings (SSSR count). The quantitative estimate of drug-likeness (QED) is 0.859. The third-order valence-electron chi connectivity index (χ3n) is 1.82. The van der Waals surface area contributed by atoms with Gasteiger partial charge < -0.3 is 9.67 Å². The topological polar surface area (TPSA) is 42.2 Å². The van der Waals surface area contributed by atoms with Crippen molar-refractivity contribution in [2.45, 2.75) is 19.6 Å². The molecule has 1 atom stereocenters. The van der Waals surface area contributed by atoms with Gasteiger partial charge in [0, 0.05) is 21.6 Å². The molecule has 5 heteroatoms. The van der Waals surface area contributed by atoms with Crippen molar-refractivity contribution in [3.05, 3.63) is 32.7 Å². The smallest absolute Gasteiger partial charge is 0.253 e. The van der Waals surface area contributed by atoms with E-state index in [0.717, 1.165) is 4.47 Å². The Labute approximate surface area is 99.0 Å². The summed E-state index contributed by atoms with van der Waals surface area (Å²) >= 11 is 6.46. The van der Waals surface area contributed by atoms with Crippen molar-refractivity contribution in [3.8, 4) is 0 Å². The predicted molar refractivity (Wildman–Crippen MR) is 62.9 cm³/mol. The van der Waals surface area contributed by atoms with Crippen LogP contribution in [-0.2, 0) is 6.54 Å². The van der Waals surface area contributed by atoms with Crippen LogP contribution < -0.4 is 5.56 Å². The van der Waals surface area contributed by atoms with Crippen LogP contribution in [0.3, 0.4) is 0 Å². The molecule has 0 amide bonds. The van der Waals surface area contributed by atoms with Gasteiger partial charge in [0.15, 0.2) is 0 Å². The van der Waals surface area contributed by atoms with E-state index in [1.165, 1.54) is 4.57 Å². The van der Waals surface area contributed by atoms with Crippen LogP contribution in [0.25, 0.3) is 0 Å². The largest absolute Gasteiger partial charge is 0.390 e. The lowest BCUT2D eigenvalue weighted by atomic mass is 10.3. The molecule has 0 fully saturated rings. The zero-order chi connectivity index (χ0) is 10.7. The Morgan fingerprint density at radius 3 is 2.86 bits per heavy atom. The molecule has 3 nitrogen and oxygen atoms in total. The number of hydrogen-bond acceptors (Lipinski definition) is 2. The van der Waals surface area contributed by atoms with E-state index in [4.69, 9.17) is 0 Å². The summed E-state index contributed by atoms with van der Waals surface area (Å²) in [5.41, 5.74) is 0.606. The fourth-order valence-corrected chi connectivity index (χ4v) is 1.95. The molecule has 0 saturated heterocycles. The van der Waals surface area contributed by atoms with Crippen molar-refractivity contribution in [1.29, 1.82) is 0 Å². The Hall–Kier alpha value is -0.130. The van der Waals surface area contributed by atoms with Gasteiger partial charge in [-0.15, -0.1) is 0 Å². The Kier molecular flexibility index (Phi) is 4.34. The van der Waals surface area contributed by atoms with E-state index >= 15 is 0 Å². The maximum absolute atomic E-state index is 11.6. The van der Waals surface area contributed by atoms with Gasteiger partial charge >= 0.3 is 0 Å². The zero-order valence-electron chi connectivity index (χ0n) is 7.70. The van der Waals surface area contributed by atoms with Gasteiger partial charge in [0.1, 0.15) is 0 Å². The maximum Gasteiger partial charge on any atom is 0.253 e. The first-order valence-corrected chi connectivity index (χ1v) is 6.06. The number of rotatable bonds is 3. The summed E-state index contributed by atoms with van der Waals surface area (Å²) in [6.45, 7) is 2.06. The summed E-state index contributed by atoms with van der Waals surface area (Å²) in [4.78, 5) is 11.6. The van der Waals surface area contributed by atoms with Gasteiger partial charge in [-0.2, -0.15) is 0 Å². The van der Waals surface area contributed by atoms with Crippen LogP contribution in [0.1, 0.15) is 5.56 Å². The fraction of sp³-hybridized carbons (Fsp3) is 0.444. The molecule has 0 saturated carbocycles. The summed E-state index contributed by atoms with van der Waals surface area (Å²) in [5, 5.41) is 9.86. The summed E-state index contributed by atoms with van der Waals surface area (Å²) in [6.07, 6.45) is 1.14. The van der Waals surface area contributed by atoms with Crippen LogP contribution in [0.5, 0.6) is 0 Å². The van der Waals surface area contributed by atoms with Crippen molar-refractivity contribution in [2.24, 2.45) is 0 Å². The molecule has 1 N–H and O–H groups in total. The summed E-state index contributed by atoms with van der Waals surface area (Å²) < 4.78 is 2.35. The van der Waals surface area contributed by atoms with Gasteiger partial charge in [-0.1, -0.05) is 15.9 Å². The molecule has 0 aliphatic heterocycles. The van der Waals surface area contributed by atoms with Gasteiger partial charge in [0.2, 0.25) is 0 Å². The standard InChI is InChI=1S/C9H11Br2NO2/c1-6-2-7(11)4-12(9(6)14)5-8(13)3-10/h2,4,8,13H,3,5H2,1H3. The van der Waals surface area contributed by atoms with Gasteiger partial charge in [0.25, 0.3) is 5.56 Å². The number of aliphatic hydroxyl groups excluding tert-OH is 1. The van der Waals surface area contributed by atoms with E-state index in [1.54, 1.807) is 19.2 Å². The highest BCUT2D eigenvalue weighted by Gasteiger charge is 2.06. The Balaban J connectivity index is 3.02. The minimum atomic E-state index is -0.540. The van der Waals surface area contributed by atoms with E-state index in [2.05, 4.69) is 31.9 Å². The normalized spacial score (nSPS) is 12.9. The Bertz CT molecular complexity index is 376. The van der Waals surface area contributed by atoms with Gasteiger partial charge in [-0.3, -0.25) is 4.79 Å². The lowest BCUT2D eigenvalue weighted by molar-refractivity contribution is 0.177. The number of aryl methyl sites for hydroxylation is 1. The molecule has 0 radical (unpaired) electrons. The second kappa shape index (κ2) is 5.09. The van der Waals surface area contributed by atoms with Crippen LogP contribution in [0.2, 0.25) is 0 Å². The molecule has 1 unspecified atom stereocenters. The lowest BCUT2D eigenvalue weighted by Crippen LogP contribution is -2.28. The molecule has 1 aromatic heterocycles. The number of alkyl halides is 1. The first-order chi connectivity index (χ1) is 6.54. The van der Waals surface area contributed by atoms with Gasteiger partial charge in [-0.25, -0.2) is 0 Å². The summed E-state index contributed by atoms with van der Waals surface area (Å²) in [6, 6.07) is 1.76. The van der Waals surface area contributed by atoms with E-state index in [0.29, 0.717) is 17.4 Å². The van der Waals surface area contributed by atoms with Gasteiger partial charge in [-0.05, 0) is 28.9 Å². The zero-order valence-corrected chi connectivity index (χ0v) is 10.9. The highest BCUT2D eigenvalue weighted by molar-refractivity contribution is 9.10. The molecule has 78 valence electrons. The molecular formula is C9H11Br2NO2. The Morgan fingerprint density at radius 2 is 2.29 bits per heavy atom. The first-order valence-electron chi connectivity index (χ1n) is 4.15. The number of hydrogen-bond donors (Lipinski definition) is 1. The molecule has 0 bridgehead atoms. The molecular weight excluding hydrogens is 314 g/mol. The summed E-state index contributed by atoms with van der Waals surface area (Å²) in [7, 11) is 0. The second-order valence-corrected chi connectivity index (χ2v) is 4.67. The van der Waals surface area contributed by atoms with Crippen LogP contribution in [-0.4, -0.2) is 21.1 Å². The third-order valence-corrected chi connectivity index (χ3v) is 3.00. The molecule has 14 heavy (non-hydrogen) atoms. The predicted octanol–water partition coefficient (Wildman–Crippen LogP) is 1.68. The minimum absolute atomic E-state index is 0.0619. The highest BCUT2D eigenvalue weighted by atomic mass is 79.9. The monoisotopic (exact) mass is 323 g/mol. The Morgan fingerprint density at radius 1 is 1.64 bits per heavy atom.